The Morgan fingerprint density at radius 2 is 1.96 bits per heavy atom. The first-order valence-electron chi connectivity index (χ1n) is 7.78. The zero-order chi connectivity index (χ0) is 19.2. The molecule has 3 rings (SSSR count). The van der Waals surface area contributed by atoms with E-state index in [1.54, 1.807) is 12.1 Å². The van der Waals surface area contributed by atoms with Gasteiger partial charge in [0, 0.05) is 0 Å². The van der Waals surface area contributed by atoms with Crippen molar-refractivity contribution in [2.24, 2.45) is 0 Å². The Labute approximate surface area is 153 Å². The zero-order valence-electron chi connectivity index (χ0n) is 13.9. The fourth-order valence-corrected chi connectivity index (χ4v) is 2.29. The number of nitrogens with zero attached hydrogens (tertiary/aromatic N) is 4. The standard InChI is InChI=1S/C19H12FN5O2/c20-16-8-14(9-21)6-7-17(16)25-11-15(10-22)18(24-25)23-19(26)27-12-13-4-2-1-3-5-13/h1-8,11H,12H2,(H,23,24,26). The number of carbonyl (C=O) groups is 1. The third-order valence-corrected chi connectivity index (χ3v) is 3.59. The van der Waals surface area contributed by atoms with Gasteiger partial charge in [0.05, 0.1) is 17.8 Å². The van der Waals surface area contributed by atoms with Gasteiger partial charge in [0.1, 0.15) is 29.7 Å². The monoisotopic (exact) mass is 361 g/mol. The molecular weight excluding hydrogens is 349 g/mol. The normalized spacial score (nSPS) is 9.89. The lowest BCUT2D eigenvalue weighted by atomic mass is 10.2. The summed E-state index contributed by atoms with van der Waals surface area (Å²) in [4.78, 5) is 11.9. The molecule has 0 saturated carbocycles. The van der Waals surface area contributed by atoms with Crippen LogP contribution in [-0.4, -0.2) is 15.9 Å². The van der Waals surface area contributed by atoms with Gasteiger partial charge >= 0.3 is 6.09 Å². The van der Waals surface area contributed by atoms with E-state index in [2.05, 4.69) is 10.4 Å². The summed E-state index contributed by atoms with van der Waals surface area (Å²) in [6.07, 6.45) is 0.484. The van der Waals surface area contributed by atoms with E-state index in [4.69, 9.17) is 10.00 Å². The average molecular weight is 361 g/mol. The molecule has 2 aromatic carbocycles. The van der Waals surface area contributed by atoms with Crippen molar-refractivity contribution in [1.29, 1.82) is 10.5 Å². The van der Waals surface area contributed by atoms with E-state index in [9.17, 15) is 14.4 Å². The second-order valence-corrected chi connectivity index (χ2v) is 5.41. The van der Waals surface area contributed by atoms with E-state index in [1.807, 2.05) is 30.3 Å². The van der Waals surface area contributed by atoms with Crippen molar-refractivity contribution in [3.8, 4) is 17.8 Å². The van der Waals surface area contributed by atoms with Crippen molar-refractivity contribution in [3.63, 3.8) is 0 Å². The number of nitrogens with one attached hydrogen (secondary N) is 1. The Bertz CT molecular complexity index is 1060. The number of ether oxygens (including phenoxy) is 1. The van der Waals surface area contributed by atoms with Gasteiger partial charge < -0.3 is 4.74 Å². The van der Waals surface area contributed by atoms with Crippen LogP contribution in [0.2, 0.25) is 0 Å². The van der Waals surface area contributed by atoms with Crippen LogP contribution in [0.25, 0.3) is 5.69 Å². The van der Waals surface area contributed by atoms with E-state index < -0.39 is 11.9 Å². The molecule has 0 spiro atoms. The number of hydrogen-bond donors (Lipinski definition) is 1. The molecule has 0 aliphatic rings. The summed E-state index contributed by atoms with van der Waals surface area (Å²) >= 11 is 0. The van der Waals surface area contributed by atoms with Crippen molar-refractivity contribution in [2.75, 3.05) is 5.32 Å². The van der Waals surface area contributed by atoms with Crippen LogP contribution in [0.5, 0.6) is 0 Å². The Morgan fingerprint density at radius 3 is 2.63 bits per heavy atom. The van der Waals surface area contributed by atoms with Gasteiger partial charge in [-0.2, -0.15) is 10.5 Å². The summed E-state index contributed by atoms with van der Waals surface area (Å²) in [6, 6.07) is 16.6. The Balaban J connectivity index is 1.76. The maximum Gasteiger partial charge on any atom is 0.413 e. The van der Waals surface area contributed by atoms with E-state index in [-0.39, 0.29) is 29.2 Å². The van der Waals surface area contributed by atoms with Crippen molar-refractivity contribution in [2.45, 2.75) is 6.61 Å². The predicted octanol–water partition coefficient (Wildman–Crippen LogP) is 3.50. The minimum Gasteiger partial charge on any atom is -0.444 e. The van der Waals surface area contributed by atoms with E-state index >= 15 is 0 Å². The molecule has 3 aromatic rings. The smallest absolute Gasteiger partial charge is 0.413 e. The first-order valence-corrected chi connectivity index (χ1v) is 7.78. The van der Waals surface area contributed by atoms with Crippen LogP contribution in [0, 0.1) is 28.5 Å². The highest BCUT2D eigenvalue weighted by Crippen LogP contribution is 2.19. The molecule has 132 valence electrons. The molecule has 0 aliphatic carbocycles. The second-order valence-electron chi connectivity index (χ2n) is 5.41. The minimum absolute atomic E-state index is 0.0374. The lowest BCUT2D eigenvalue weighted by Crippen LogP contribution is -2.15. The predicted molar refractivity (Wildman–Crippen MR) is 93.2 cm³/mol. The summed E-state index contributed by atoms with van der Waals surface area (Å²) in [5.74, 6) is -0.737. The molecular formula is C19H12FN5O2. The maximum atomic E-state index is 14.1. The van der Waals surface area contributed by atoms with Crippen LogP contribution >= 0.6 is 0 Å². The molecule has 0 aliphatic heterocycles. The number of anilines is 1. The van der Waals surface area contributed by atoms with Gasteiger partial charge in [-0.1, -0.05) is 30.3 Å². The van der Waals surface area contributed by atoms with Gasteiger partial charge in [0.2, 0.25) is 0 Å². The highest BCUT2D eigenvalue weighted by molar-refractivity contribution is 5.85. The first kappa shape index (κ1) is 17.6. The van der Waals surface area contributed by atoms with Gasteiger partial charge in [-0.3, -0.25) is 5.32 Å². The lowest BCUT2D eigenvalue weighted by molar-refractivity contribution is 0.155. The van der Waals surface area contributed by atoms with Crippen molar-refractivity contribution in [1.82, 2.24) is 9.78 Å². The van der Waals surface area contributed by atoms with Crippen molar-refractivity contribution in [3.05, 3.63) is 77.2 Å². The van der Waals surface area contributed by atoms with Crippen LogP contribution in [0.15, 0.2) is 54.7 Å². The Hall–Kier alpha value is -4.17. The van der Waals surface area contributed by atoms with Crippen LogP contribution in [0.1, 0.15) is 16.7 Å². The summed E-state index contributed by atoms with van der Waals surface area (Å²) < 4.78 is 20.3. The molecule has 0 saturated heterocycles. The summed E-state index contributed by atoms with van der Waals surface area (Å²) in [5, 5.41) is 24.4. The maximum absolute atomic E-state index is 14.1. The minimum atomic E-state index is -0.791. The lowest BCUT2D eigenvalue weighted by Gasteiger charge is -2.06. The molecule has 1 heterocycles. The SMILES string of the molecule is N#Cc1ccc(-n2cc(C#N)c(NC(=O)OCc3ccccc3)n2)c(F)c1. The number of carbonyl (C=O) groups excluding carboxylic acids is 1. The molecule has 1 aromatic heterocycles. The average Bonchev–Trinajstić information content (AvgIpc) is 3.09. The third kappa shape index (κ3) is 4.09. The Kier molecular flexibility index (Phi) is 5.10. The fourth-order valence-electron chi connectivity index (χ4n) is 2.29. The van der Waals surface area contributed by atoms with Crippen LogP contribution in [0.3, 0.4) is 0 Å². The van der Waals surface area contributed by atoms with Gasteiger partial charge in [-0.15, -0.1) is 5.10 Å². The molecule has 0 fully saturated rings. The number of aromatic nitrogens is 2. The van der Waals surface area contributed by atoms with Crippen LogP contribution in [0.4, 0.5) is 15.0 Å². The highest BCUT2D eigenvalue weighted by Gasteiger charge is 2.15. The van der Waals surface area contributed by atoms with E-state index in [0.717, 1.165) is 16.3 Å². The topological polar surface area (TPSA) is 104 Å². The number of halogens is 1. The summed E-state index contributed by atoms with van der Waals surface area (Å²) in [6.45, 7) is 0.0551. The number of amides is 1. The van der Waals surface area contributed by atoms with Gasteiger partial charge in [-0.25, -0.2) is 13.9 Å². The number of nitriles is 2. The zero-order valence-corrected chi connectivity index (χ0v) is 13.9. The van der Waals surface area contributed by atoms with E-state index in [0.29, 0.717) is 0 Å². The number of rotatable bonds is 4. The number of benzene rings is 2. The second kappa shape index (κ2) is 7.81. The molecule has 0 unspecified atom stereocenters. The number of hydrogen-bond acceptors (Lipinski definition) is 5. The molecule has 1 amide bonds. The molecule has 0 radical (unpaired) electrons. The van der Waals surface area contributed by atoms with Crippen molar-refractivity contribution >= 4 is 11.9 Å². The Morgan fingerprint density at radius 1 is 1.19 bits per heavy atom. The fraction of sp³-hybridized carbons (Fsp3) is 0.0526. The highest BCUT2D eigenvalue weighted by atomic mass is 19.1. The van der Waals surface area contributed by atoms with Crippen LogP contribution in [-0.2, 0) is 11.3 Å². The van der Waals surface area contributed by atoms with Gasteiger partial charge in [-0.05, 0) is 23.8 Å². The van der Waals surface area contributed by atoms with E-state index in [1.165, 1.54) is 18.3 Å². The molecule has 8 heteroatoms. The summed E-state index contributed by atoms with van der Waals surface area (Å²) in [5.41, 5.74) is 1.04. The quantitative estimate of drug-likeness (QED) is 0.766. The third-order valence-electron chi connectivity index (χ3n) is 3.59. The molecule has 1 N–H and O–H groups in total. The van der Waals surface area contributed by atoms with Crippen molar-refractivity contribution < 1.29 is 13.9 Å². The summed E-state index contributed by atoms with van der Waals surface area (Å²) in [7, 11) is 0. The molecule has 0 bridgehead atoms. The van der Waals surface area contributed by atoms with Gasteiger partial charge in [0.15, 0.2) is 5.82 Å². The largest absolute Gasteiger partial charge is 0.444 e. The molecule has 7 nitrogen and oxygen atoms in total. The molecule has 27 heavy (non-hydrogen) atoms. The van der Waals surface area contributed by atoms with Crippen LogP contribution < -0.4 is 5.32 Å². The van der Waals surface area contributed by atoms with Gasteiger partial charge in [0.25, 0.3) is 0 Å². The first-order chi connectivity index (χ1) is 13.1. The molecule has 0 atom stereocenters.